The highest BCUT2D eigenvalue weighted by Crippen LogP contribution is 2.38. The van der Waals surface area contributed by atoms with Crippen molar-refractivity contribution < 1.29 is 5.11 Å². The summed E-state index contributed by atoms with van der Waals surface area (Å²) in [7, 11) is 1.79. The predicted molar refractivity (Wildman–Crippen MR) is 124 cm³/mol. The summed E-state index contributed by atoms with van der Waals surface area (Å²) in [4.78, 5) is 15.8. The van der Waals surface area contributed by atoms with Crippen LogP contribution in [0.5, 0.6) is 5.88 Å². The van der Waals surface area contributed by atoms with Gasteiger partial charge in [-0.2, -0.15) is 15.0 Å². The van der Waals surface area contributed by atoms with E-state index in [4.69, 9.17) is 0 Å². The smallest absolute Gasteiger partial charge is 0.275 e. The molecular weight excluding hydrogens is 404 g/mol. The van der Waals surface area contributed by atoms with Crippen LogP contribution in [0.4, 0.5) is 29.2 Å². The van der Waals surface area contributed by atoms with E-state index in [-0.39, 0.29) is 11.8 Å². The van der Waals surface area contributed by atoms with Crippen molar-refractivity contribution in [2.24, 2.45) is 17.3 Å². The van der Waals surface area contributed by atoms with Gasteiger partial charge < -0.3 is 19.9 Å². The SMILES string of the molecule is Cn1c(O)c(N=Nc2nc(Nc3ccccc3)nc(N3CCCCC3)n2)c2ccccc21. The number of hydrogen-bond acceptors (Lipinski definition) is 8. The molecule has 3 heterocycles. The van der Waals surface area contributed by atoms with Gasteiger partial charge >= 0.3 is 0 Å². The summed E-state index contributed by atoms with van der Waals surface area (Å²) in [5.41, 5.74) is 2.13. The van der Waals surface area contributed by atoms with Crippen LogP contribution in [0.3, 0.4) is 0 Å². The van der Waals surface area contributed by atoms with Gasteiger partial charge in [-0.05, 0) is 37.5 Å². The molecular formula is C23H24N8O. The van der Waals surface area contributed by atoms with Crippen LogP contribution >= 0.6 is 0 Å². The van der Waals surface area contributed by atoms with Crippen LogP contribution in [0.25, 0.3) is 10.9 Å². The lowest BCUT2D eigenvalue weighted by Crippen LogP contribution is -2.31. The van der Waals surface area contributed by atoms with Gasteiger partial charge in [0.25, 0.3) is 5.95 Å². The fraction of sp³-hybridized carbons (Fsp3) is 0.261. The molecule has 0 radical (unpaired) electrons. The molecule has 162 valence electrons. The molecule has 0 saturated carbocycles. The van der Waals surface area contributed by atoms with Crippen LogP contribution in [-0.2, 0) is 7.05 Å². The third-order valence-electron chi connectivity index (χ3n) is 5.57. The third-order valence-corrected chi connectivity index (χ3v) is 5.57. The zero-order chi connectivity index (χ0) is 21.9. The third kappa shape index (κ3) is 3.96. The second kappa shape index (κ2) is 8.62. The summed E-state index contributed by atoms with van der Waals surface area (Å²) >= 11 is 0. The molecule has 0 bridgehead atoms. The molecule has 1 fully saturated rings. The molecule has 9 heteroatoms. The molecule has 0 atom stereocenters. The van der Waals surface area contributed by atoms with Gasteiger partial charge in [0, 0.05) is 31.2 Å². The molecule has 9 nitrogen and oxygen atoms in total. The zero-order valence-electron chi connectivity index (χ0n) is 17.8. The maximum atomic E-state index is 10.5. The zero-order valence-corrected chi connectivity index (χ0v) is 17.8. The number of rotatable bonds is 5. The number of anilines is 3. The summed E-state index contributed by atoms with van der Waals surface area (Å²) in [5.74, 6) is 1.21. The van der Waals surface area contributed by atoms with Gasteiger partial charge in [0.1, 0.15) is 0 Å². The van der Waals surface area contributed by atoms with Crippen molar-refractivity contribution in [1.82, 2.24) is 19.5 Å². The topological polar surface area (TPSA) is 104 Å². The summed E-state index contributed by atoms with van der Waals surface area (Å²) in [6.45, 7) is 1.80. The van der Waals surface area contributed by atoms with Gasteiger partial charge in [0.2, 0.25) is 17.8 Å². The van der Waals surface area contributed by atoms with E-state index in [9.17, 15) is 5.11 Å². The number of aryl methyl sites for hydroxylation is 1. The number of nitrogens with zero attached hydrogens (tertiary/aromatic N) is 7. The number of benzene rings is 2. The summed E-state index contributed by atoms with van der Waals surface area (Å²) in [5, 5.41) is 23.2. The number of azo groups is 1. The van der Waals surface area contributed by atoms with Gasteiger partial charge in [0.05, 0.1) is 5.52 Å². The molecule has 2 aromatic heterocycles. The monoisotopic (exact) mass is 428 g/mol. The molecule has 0 unspecified atom stereocenters. The molecule has 32 heavy (non-hydrogen) atoms. The summed E-state index contributed by atoms with van der Waals surface area (Å²) in [6.07, 6.45) is 3.42. The van der Waals surface area contributed by atoms with Gasteiger partial charge in [-0.25, -0.2) is 0 Å². The van der Waals surface area contributed by atoms with Crippen molar-refractivity contribution in [1.29, 1.82) is 0 Å². The molecule has 4 aromatic rings. The molecule has 0 spiro atoms. The van der Waals surface area contributed by atoms with Gasteiger partial charge in [-0.1, -0.05) is 36.4 Å². The second-order valence-corrected chi connectivity index (χ2v) is 7.75. The molecule has 2 aromatic carbocycles. The van der Waals surface area contributed by atoms with E-state index in [1.165, 1.54) is 6.42 Å². The Morgan fingerprint density at radius 1 is 0.875 bits per heavy atom. The highest BCUT2D eigenvalue weighted by Gasteiger charge is 2.17. The quantitative estimate of drug-likeness (QED) is 0.423. The number of aromatic hydroxyl groups is 1. The van der Waals surface area contributed by atoms with Crippen molar-refractivity contribution in [3.8, 4) is 5.88 Å². The Balaban J connectivity index is 1.52. The lowest BCUT2D eigenvalue weighted by molar-refractivity contribution is 0.436. The normalized spacial score (nSPS) is 14.3. The molecule has 2 N–H and O–H groups in total. The minimum Gasteiger partial charge on any atom is -0.493 e. The molecule has 0 aliphatic carbocycles. The van der Waals surface area contributed by atoms with Crippen molar-refractivity contribution in [3.63, 3.8) is 0 Å². The number of hydrogen-bond donors (Lipinski definition) is 2. The van der Waals surface area contributed by atoms with Crippen molar-refractivity contribution >= 4 is 40.1 Å². The van der Waals surface area contributed by atoms with Gasteiger partial charge in [0.15, 0.2) is 5.69 Å². The van der Waals surface area contributed by atoms with Crippen molar-refractivity contribution in [2.75, 3.05) is 23.3 Å². The predicted octanol–water partition coefficient (Wildman–Crippen LogP) is 5.22. The molecule has 1 aliphatic heterocycles. The summed E-state index contributed by atoms with van der Waals surface area (Å²) < 4.78 is 1.68. The van der Waals surface area contributed by atoms with E-state index in [0.29, 0.717) is 17.6 Å². The summed E-state index contributed by atoms with van der Waals surface area (Å²) in [6, 6.07) is 17.4. The lowest BCUT2D eigenvalue weighted by atomic mass is 10.1. The van der Waals surface area contributed by atoms with Gasteiger partial charge in [-0.15, -0.1) is 10.2 Å². The first-order valence-electron chi connectivity index (χ1n) is 10.7. The van der Waals surface area contributed by atoms with Crippen LogP contribution in [0.1, 0.15) is 19.3 Å². The lowest BCUT2D eigenvalue weighted by Gasteiger charge is -2.26. The van der Waals surface area contributed by atoms with E-state index in [1.54, 1.807) is 11.6 Å². The molecule has 1 saturated heterocycles. The Hall–Kier alpha value is -4.01. The standard InChI is InChI=1S/C23H24N8O/c1-30-18-13-7-6-12-17(18)19(20(30)32)28-29-22-25-21(24-16-10-4-2-5-11-16)26-23(27-22)31-14-8-3-9-15-31/h2,4-7,10-13,32H,3,8-9,14-15H2,1H3,(H,24,25,26,27). The van der Waals surface area contributed by atoms with E-state index in [1.807, 2.05) is 54.6 Å². The number of aromatic nitrogens is 4. The Morgan fingerprint density at radius 3 is 2.44 bits per heavy atom. The molecule has 5 rings (SSSR count). The minimum atomic E-state index is 0.0443. The van der Waals surface area contributed by atoms with Crippen LogP contribution in [0.2, 0.25) is 0 Å². The van der Waals surface area contributed by atoms with Crippen molar-refractivity contribution in [3.05, 3.63) is 54.6 Å². The largest absolute Gasteiger partial charge is 0.493 e. The maximum Gasteiger partial charge on any atom is 0.275 e. The van der Waals surface area contributed by atoms with Crippen LogP contribution in [0.15, 0.2) is 64.8 Å². The number of para-hydroxylation sites is 2. The van der Waals surface area contributed by atoms with E-state index < -0.39 is 0 Å². The van der Waals surface area contributed by atoms with E-state index in [2.05, 4.69) is 35.4 Å². The number of fused-ring (bicyclic) bond motifs is 1. The maximum absolute atomic E-state index is 10.5. The molecule has 0 amide bonds. The van der Waals surface area contributed by atoms with Crippen molar-refractivity contribution in [2.45, 2.75) is 19.3 Å². The number of piperidine rings is 1. The van der Waals surface area contributed by atoms with Crippen LogP contribution in [0, 0.1) is 0 Å². The average Bonchev–Trinajstić information content (AvgIpc) is 3.08. The van der Waals surface area contributed by atoms with Crippen LogP contribution < -0.4 is 10.2 Å². The first kappa shape index (κ1) is 19.9. The Kier molecular flexibility index (Phi) is 5.37. The second-order valence-electron chi connectivity index (χ2n) is 7.75. The van der Waals surface area contributed by atoms with Crippen LogP contribution in [-0.4, -0.2) is 37.7 Å². The fourth-order valence-electron chi connectivity index (χ4n) is 3.89. The Labute approximate surface area is 185 Å². The van der Waals surface area contributed by atoms with E-state index >= 15 is 0 Å². The molecule has 1 aliphatic rings. The Bertz CT molecular complexity index is 1260. The highest BCUT2D eigenvalue weighted by atomic mass is 16.3. The first-order chi connectivity index (χ1) is 15.7. The first-order valence-corrected chi connectivity index (χ1v) is 10.7. The number of nitrogens with one attached hydrogen (secondary N) is 1. The minimum absolute atomic E-state index is 0.0443. The fourth-order valence-corrected chi connectivity index (χ4v) is 3.89. The average molecular weight is 429 g/mol. The Morgan fingerprint density at radius 2 is 1.62 bits per heavy atom. The van der Waals surface area contributed by atoms with Gasteiger partial charge in [-0.3, -0.25) is 0 Å². The highest BCUT2D eigenvalue weighted by molar-refractivity contribution is 5.94. The van der Waals surface area contributed by atoms with E-state index in [0.717, 1.165) is 42.5 Å².